The van der Waals surface area contributed by atoms with Crippen LogP contribution in [0.25, 0.3) is 0 Å². The summed E-state index contributed by atoms with van der Waals surface area (Å²) in [5, 5.41) is 9.09. The quantitative estimate of drug-likeness (QED) is 0.690. The van der Waals surface area contributed by atoms with Crippen LogP contribution in [0.5, 0.6) is 5.75 Å². The molecule has 0 aliphatic heterocycles. The van der Waals surface area contributed by atoms with Gasteiger partial charge in [0.1, 0.15) is 0 Å². The SMILES string of the molecule is CCCOc1cc2c(cc1[Se]c1ccc(C(=O)O)cn1)C(C)(C)CCC2(C)C. The van der Waals surface area contributed by atoms with Crippen LogP contribution in [0.15, 0.2) is 30.5 Å². The number of fused-ring (bicyclic) bond motifs is 1. The zero-order chi connectivity index (χ0) is 20.5. The summed E-state index contributed by atoms with van der Waals surface area (Å²) in [6.07, 6.45) is 4.74. The zero-order valence-corrected chi connectivity index (χ0v) is 19.0. The molecular weight excluding hydrogens is 417 g/mol. The Morgan fingerprint density at radius 1 is 1.14 bits per heavy atom. The Bertz CT molecular complexity index is 872. The minimum absolute atomic E-state index is 0.0488. The van der Waals surface area contributed by atoms with Gasteiger partial charge in [-0.3, -0.25) is 0 Å². The maximum absolute atomic E-state index is 11.1. The normalized spacial score (nSPS) is 17.0. The molecule has 2 aromatic rings. The van der Waals surface area contributed by atoms with Gasteiger partial charge < -0.3 is 0 Å². The number of aromatic carboxylic acids is 1. The Morgan fingerprint density at radius 2 is 1.79 bits per heavy atom. The molecule has 0 amide bonds. The van der Waals surface area contributed by atoms with E-state index in [0.717, 1.165) is 16.8 Å². The third-order valence-corrected chi connectivity index (χ3v) is 7.65. The number of rotatable bonds is 6. The number of ether oxygens (including phenoxy) is 1. The van der Waals surface area contributed by atoms with Gasteiger partial charge in [0.25, 0.3) is 0 Å². The molecule has 4 nitrogen and oxygen atoms in total. The molecule has 150 valence electrons. The third kappa shape index (κ3) is 4.26. The van der Waals surface area contributed by atoms with E-state index in [1.54, 1.807) is 6.07 Å². The standard InChI is InChI=1S/C23H29NO3Se/c1-6-11-27-18-12-16-17(23(4,5)10-9-22(16,2)3)13-19(18)28-20-8-7-15(14-24-20)21(25)26/h7-8,12-14H,6,9-11H2,1-5H3,(H,25,26). The van der Waals surface area contributed by atoms with Crippen molar-refractivity contribution in [3.8, 4) is 5.75 Å². The molecule has 1 heterocycles. The monoisotopic (exact) mass is 447 g/mol. The van der Waals surface area contributed by atoms with Crippen molar-refractivity contribution in [1.82, 2.24) is 4.98 Å². The first kappa shape index (κ1) is 20.9. The van der Waals surface area contributed by atoms with Crippen molar-refractivity contribution in [2.24, 2.45) is 0 Å². The number of carboxylic acid groups (broad SMARTS) is 1. The first-order chi connectivity index (χ1) is 13.1. The van der Waals surface area contributed by atoms with Crippen LogP contribution in [0.3, 0.4) is 0 Å². The number of pyridine rings is 1. The minimum atomic E-state index is -0.948. The van der Waals surface area contributed by atoms with Crippen molar-refractivity contribution in [3.05, 3.63) is 47.2 Å². The molecule has 3 rings (SSSR count). The average molecular weight is 446 g/mol. The fourth-order valence-electron chi connectivity index (χ4n) is 3.66. The van der Waals surface area contributed by atoms with Crippen molar-refractivity contribution in [1.29, 1.82) is 0 Å². The molecule has 0 saturated carbocycles. The van der Waals surface area contributed by atoms with E-state index in [9.17, 15) is 4.79 Å². The second kappa shape index (κ2) is 7.88. The Labute approximate surface area is 173 Å². The number of hydrogen-bond donors (Lipinski definition) is 1. The van der Waals surface area contributed by atoms with Gasteiger partial charge in [0.05, 0.1) is 0 Å². The maximum atomic E-state index is 11.1. The molecule has 0 fully saturated rings. The first-order valence-electron chi connectivity index (χ1n) is 9.83. The predicted octanol–water partition coefficient (Wildman–Crippen LogP) is 3.57. The fraction of sp³-hybridized carbons (Fsp3) is 0.478. The molecule has 5 heteroatoms. The molecule has 1 aromatic heterocycles. The summed E-state index contributed by atoms with van der Waals surface area (Å²) in [5.41, 5.74) is 3.30. The topological polar surface area (TPSA) is 59.4 Å². The van der Waals surface area contributed by atoms with Gasteiger partial charge in [-0.15, -0.1) is 0 Å². The van der Waals surface area contributed by atoms with Crippen LogP contribution in [0.1, 0.15) is 75.4 Å². The summed E-state index contributed by atoms with van der Waals surface area (Å²) in [6.45, 7) is 12.1. The van der Waals surface area contributed by atoms with Crippen LogP contribution in [0.2, 0.25) is 0 Å². The molecule has 0 unspecified atom stereocenters. The number of hydrogen-bond acceptors (Lipinski definition) is 3. The first-order valence-corrected chi connectivity index (χ1v) is 11.5. The van der Waals surface area contributed by atoms with Crippen molar-refractivity contribution >= 4 is 30.0 Å². The van der Waals surface area contributed by atoms with Gasteiger partial charge in [-0.1, -0.05) is 0 Å². The second-order valence-corrected chi connectivity index (χ2v) is 11.0. The molecule has 1 aliphatic rings. The van der Waals surface area contributed by atoms with Gasteiger partial charge in [0.2, 0.25) is 0 Å². The molecule has 1 aliphatic carbocycles. The van der Waals surface area contributed by atoms with Gasteiger partial charge in [0.15, 0.2) is 0 Å². The second-order valence-electron chi connectivity index (χ2n) is 8.75. The fourth-order valence-corrected chi connectivity index (χ4v) is 5.47. The molecular formula is C23H29NO3Se. The number of carboxylic acids is 1. The van der Waals surface area contributed by atoms with Gasteiger partial charge in [0, 0.05) is 0 Å². The molecule has 0 atom stereocenters. The van der Waals surface area contributed by atoms with Crippen LogP contribution < -0.4 is 13.8 Å². The summed E-state index contributed by atoms with van der Waals surface area (Å²) >= 11 is -0.0488. The van der Waals surface area contributed by atoms with Gasteiger partial charge in [-0.2, -0.15) is 0 Å². The van der Waals surface area contributed by atoms with E-state index in [2.05, 4.69) is 51.7 Å². The Morgan fingerprint density at radius 3 is 2.32 bits per heavy atom. The van der Waals surface area contributed by atoms with Crippen LogP contribution in [-0.2, 0) is 10.8 Å². The number of aromatic nitrogens is 1. The van der Waals surface area contributed by atoms with Crippen molar-refractivity contribution in [3.63, 3.8) is 0 Å². The summed E-state index contributed by atoms with van der Waals surface area (Å²) in [5.74, 6) is 0.00626. The van der Waals surface area contributed by atoms with Gasteiger partial charge >= 0.3 is 174 Å². The summed E-state index contributed by atoms with van der Waals surface area (Å²) < 4.78 is 8.23. The molecule has 0 bridgehead atoms. The van der Waals surface area contributed by atoms with Crippen molar-refractivity contribution in [2.45, 2.75) is 64.7 Å². The van der Waals surface area contributed by atoms with E-state index in [4.69, 9.17) is 9.84 Å². The summed E-state index contributed by atoms with van der Waals surface area (Å²) in [6, 6.07) is 8.04. The average Bonchev–Trinajstić information content (AvgIpc) is 2.64. The molecule has 28 heavy (non-hydrogen) atoms. The summed E-state index contributed by atoms with van der Waals surface area (Å²) in [4.78, 5) is 15.5. The van der Waals surface area contributed by atoms with E-state index in [1.807, 2.05) is 6.07 Å². The van der Waals surface area contributed by atoms with Crippen molar-refractivity contribution < 1.29 is 14.6 Å². The molecule has 1 N–H and O–H groups in total. The molecule has 1 aromatic carbocycles. The van der Waals surface area contributed by atoms with Crippen LogP contribution in [0, 0.1) is 0 Å². The number of nitrogens with zero attached hydrogens (tertiary/aromatic N) is 1. The molecule has 0 radical (unpaired) electrons. The van der Waals surface area contributed by atoms with Gasteiger partial charge in [-0.05, 0) is 0 Å². The molecule has 0 saturated heterocycles. The van der Waals surface area contributed by atoms with Crippen LogP contribution >= 0.6 is 0 Å². The van der Waals surface area contributed by atoms with Crippen LogP contribution in [0.4, 0.5) is 0 Å². The number of benzene rings is 1. The van der Waals surface area contributed by atoms with E-state index >= 15 is 0 Å². The Balaban J connectivity index is 2.04. The van der Waals surface area contributed by atoms with Gasteiger partial charge in [-0.25, -0.2) is 0 Å². The predicted molar refractivity (Wildman–Crippen MR) is 114 cm³/mol. The summed E-state index contributed by atoms with van der Waals surface area (Å²) in [7, 11) is 0. The number of carbonyl (C=O) groups is 1. The van der Waals surface area contributed by atoms with E-state index in [-0.39, 0.29) is 31.4 Å². The third-order valence-electron chi connectivity index (χ3n) is 5.58. The molecule has 0 spiro atoms. The van der Waals surface area contributed by atoms with Crippen LogP contribution in [-0.4, -0.2) is 37.6 Å². The zero-order valence-electron chi connectivity index (χ0n) is 17.3. The van der Waals surface area contributed by atoms with Crippen molar-refractivity contribution in [2.75, 3.05) is 6.61 Å². The van der Waals surface area contributed by atoms with E-state index < -0.39 is 5.97 Å². The Hall–Kier alpha value is -1.84. The van der Waals surface area contributed by atoms with E-state index in [0.29, 0.717) is 6.61 Å². The van der Waals surface area contributed by atoms with E-state index in [1.165, 1.54) is 34.6 Å². The Kier molecular flexibility index (Phi) is 5.88.